The molecule has 1 saturated heterocycles. The molecule has 1 aromatic heterocycles. The number of hydrogen-bond acceptors (Lipinski definition) is 4. The van der Waals surface area contributed by atoms with Gasteiger partial charge in [-0.3, -0.25) is 9.78 Å². The van der Waals surface area contributed by atoms with E-state index in [9.17, 15) is 4.79 Å². The summed E-state index contributed by atoms with van der Waals surface area (Å²) in [4.78, 5) is 16.1. The fourth-order valence-electron chi connectivity index (χ4n) is 1.84. The molecule has 0 amide bonds. The van der Waals surface area contributed by atoms with Gasteiger partial charge in [-0.05, 0) is 54.2 Å². The Bertz CT molecular complexity index is 401. The van der Waals surface area contributed by atoms with Crippen molar-refractivity contribution >= 4 is 21.7 Å². The average molecular weight is 314 g/mol. The van der Waals surface area contributed by atoms with E-state index in [2.05, 4.69) is 20.9 Å². The van der Waals surface area contributed by atoms with Gasteiger partial charge in [-0.1, -0.05) is 0 Å². The van der Waals surface area contributed by atoms with Crippen molar-refractivity contribution in [2.75, 3.05) is 6.61 Å². The van der Waals surface area contributed by atoms with Crippen molar-refractivity contribution in [3.8, 4) is 0 Å². The van der Waals surface area contributed by atoms with Gasteiger partial charge < -0.3 is 9.47 Å². The predicted octanol–water partition coefficient (Wildman–Crippen LogP) is 2.96. The van der Waals surface area contributed by atoms with Gasteiger partial charge in [-0.2, -0.15) is 0 Å². The zero-order valence-electron chi connectivity index (χ0n) is 10.3. The molecule has 18 heavy (non-hydrogen) atoms. The molecule has 2 unspecified atom stereocenters. The summed E-state index contributed by atoms with van der Waals surface area (Å²) in [5.74, 6) is -0.114. The second kappa shape index (κ2) is 6.41. The molecule has 0 aromatic carbocycles. The van der Waals surface area contributed by atoms with Crippen molar-refractivity contribution in [3.63, 3.8) is 0 Å². The molecule has 0 saturated carbocycles. The third-order valence-electron chi connectivity index (χ3n) is 2.84. The van der Waals surface area contributed by atoms with Gasteiger partial charge in [0.2, 0.25) is 5.78 Å². The number of nitrogens with zero attached hydrogens (tertiary/aromatic N) is 1. The van der Waals surface area contributed by atoms with E-state index in [4.69, 9.17) is 9.47 Å². The first-order chi connectivity index (χ1) is 8.66. The summed E-state index contributed by atoms with van der Waals surface area (Å²) in [5, 5.41) is 0. The molecular weight excluding hydrogens is 298 g/mol. The number of ketones is 1. The molecule has 5 heteroatoms. The van der Waals surface area contributed by atoms with E-state index in [1.54, 1.807) is 25.3 Å². The summed E-state index contributed by atoms with van der Waals surface area (Å²) in [5.41, 5.74) is 0.418. The summed E-state index contributed by atoms with van der Waals surface area (Å²) in [6.07, 6.45) is 3.83. The molecule has 1 fully saturated rings. The van der Waals surface area contributed by atoms with Crippen LogP contribution in [0.2, 0.25) is 0 Å². The van der Waals surface area contributed by atoms with Crippen LogP contribution in [0.15, 0.2) is 22.8 Å². The van der Waals surface area contributed by atoms with Crippen molar-refractivity contribution in [1.29, 1.82) is 0 Å². The molecule has 1 aliphatic rings. The van der Waals surface area contributed by atoms with Crippen LogP contribution in [0.4, 0.5) is 0 Å². The standard InChI is InChI=1S/C13H16BrNO3/c1-9(18-12-4-2-3-7-17-12)13(16)11-6-5-10(14)8-15-11/h5-6,8-9,12H,2-4,7H2,1H3. The van der Waals surface area contributed by atoms with Gasteiger partial charge in [0.1, 0.15) is 11.8 Å². The van der Waals surface area contributed by atoms with E-state index in [0.717, 1.165) is 23.7 Å². The SMILES string of the molecule is CC(OC1CCCCO1)C(=O)c1ccc(Br)cn1. The summed E-state index contributed by atoms with van der Waals surface area (Å²) < 4.78 is 11.9. The predicted molar refractivity (Wildman–Crippen MR) is 70.4 cm³/mol. The van der Waals surface area contributed by atoms with E-state index in [-0.39, 0.29) is 12.1 Å². The van der Waals surface area contributed by atoms with Crippen LogP contribution in [-0.4, -0.2) is 29.8 Å². The maximum atomic E-state index is 12.1. The monoisotopic (exact) mass is 313 g/mol. The van der Waals surface area contributed by atoms with Gasteiger partial charge in [0.05, 0.1) is 0 Å². The third kappa shape index (κ3) is 3.60. The topological polar surface area (TPSA) is 48.4 Å². The van der Waals surface area contributed by atoms with Gasteiger partial charge in [0.15, 0.2) is 6.29 Å². The van der Waals surface area contributed by atoms with E-state index in [1.807, 2.05) is 0 Å². The number of hydrogen-bond donors (Lipinski definition) is 0. The molecule has 0 N–H and O–H groups in total. The minimum absolute atomic E-state index is 0.114. The average Bonchev–Trinajstić information content (AvgIpc) is 2.40. The molecule has 2 heterocycles. The highest BCUT2D eigenvalue weighted by Gasteiger charge is 2.23. The quantitative estimate of drug-likeness (QED) is 0.802. The third-order valence-corrected chi connectivity index (χ3v) is 3.31. The maximum absolute atomic E-state index is 12.1. The zero-order chi connectivity index (χ0) is 13.0. The van der Waals surface area contributed by atoms with Crippen LogP contribution in [-0.2, 0) is 9.47 Å². The second-order valence-corrected chi connectivity index (χ2v) is 5.22. The van der Waals surface area contributed by atoms with E-state index in [0.29, 0.717) is 12.3 Å². The molecule has 0 aliphatic carbocycles. The molecular formula is C13H16BrNO3. The summed E-state index contributed by atoms with van der Waals surface area (Å²) in [7, 11) is 0. The summed E-state index contributed by atoms with van der Waals surface area (Å²) in [6.45, 7) is 2.45. The van der Waals surface area contributed by atoms with Crippen molar-refractivity contribution in [2.45, 2.75) is 38.6 Å². The van der Waals surface area contributed by atoms with Crippen molar-refractivity contribution in [1.82, 2.24) is 4.98 Å². The van der Waals surface area contributed by atoms with Crippen LogP contribution in [0.3, 0.4) is 0 Å². The molecule has 0 radical (unpaired) electrons. The number of halogens is 1. The first-order valence-corrected chi connectivity index (χ1v) is 6.89. The van der Waals surface area contributed by atoms with E-state index < -0.39 is 6.10 Å². The van der Waals surface area contributed by atoms with Gasteiger partial charge in [-0.15, -0.1) is 0 Å². The molecule has 1 aliphatic heterocycles. The Morgan fingerprint density at radius 2 is 2.39 bits per heavy atom. The van der Waals surface area contributed by atoms with Crippen LogP contribution >= 0.6 is 15.9 Å². The summed E-state index contributed by atoms with van der Waals surface area (Å²) in [6, 6.07) is 3.48. The Hall–Kier alpha value is -0.780. The van der Waals surface area contributed by atoms with Crippen molar-refractivity contribution < 1.29 is 14.3 Å². The number of ether oxygens (including phenoxy) is 2. The number of pyridine rings is 1. The van der Waals surface area contributed by atoms with E-state index in [1.165, 1.54) is 0 Å². The molecule has 0 bridgehead atoms. The zero-order valence-corrected chi connectivity index (χ0v) is 11.9. The minimum Gasteiger partial charge on any atom is -0.353 e. The first kappa shape index (κ1) is 13.6. The van der Waals surface area contributed by atoms with Gasteiger partial charge in [0.25, 0.3) is 0 Å². The number of Topliss-reactive ketones (excluding diaryl/α,β-unsaturated/α-hetero) is 1. The fraction of sp³-hybridized carbons (Fsp3) is 0.538. The molecule has 1 aromatic rings. The first-order valence-electron chi connectivity index (χ1n) is 6.09. The lowest BCUT2D eigenvalue weighted by Gasteiger charge is -2.25. The van der Waals surface area contributed by atoms with Crippen LogP contribution in [0.5, 0.6) is 0 Å². The number of carbonyl (C=O) groups excluding carboxylic acids is 1. The van der Waals surface area contributed by atoms with Crippen LogP contribution in [0.1, 0.15) is 36.7 Å². The van der Waals surface area contributed by atoms with Crippen molar-refractivity contribution in [3.05, 3.63) is 28.5 Å². The highest BCUT2D eigenvalue weighted by atomic mass is 79.9. The maximum Gasteiger partial charge on any atom is 0.209 e. The number of rotatable bonds is 4. The van der Waals surface area contributed by atoms with Crippen LogP contribution < -0.4 is 0 Å². The van der Waals surface area contributed by atoms with Crippen LogP contribution in [0.25, 0.3) is 0 Å². The lowest BCUT2D eigenvalue weighted by atomic mass is 10.1. The Labute approximate surface area is 115 Å². The van der Waals surface area contributed by atoms with Crippen LogP contribution in [0, 0.1) is 0 Å². The Balaban J connectivity index is 1.93. The fourth-order valence-corrected chi connectivity index (χ4v) is 2.07. The Morgan fingerprint density at radius 3 is 3.00 bits per heavy atom. The highest BCUT2D eigenvalue weighted by Crippen LogP contribution is 2.17. The normalized spacial score (nSPS) is 21.6. The Kier molecular flexibility index (Phi) is 4.86. The minimum atomic E-state index is -0.526. The molecule has 0 spiro atoms. The van der Waals surface area contributed by atoms with Gasteiger partial charge in [0, 0.05) is 17.3 Å². The second-order valence-electron chi connectivity index (χ2n) is 4.30. The van der Waals surface area contributed by atoms with Gasteiger partial charge in [-0.25, -0.2) is 0 Å². The largest absolute Gasteiger partial charge is 0.353 e. The summed E-state index contributed by atoms with van der Waals surface area (Å²) >= 11 is 3.29. The highest BCUT2D eigenvalue weighted by molar-refractivity contribution is 9.10. The van der Waals surface area contributed by atoms with Gasteiger partial charge >= 0.3 is 0 Å². The number of carbonyl (C=O) groups is 1. The van der Waals surface area contributed by atoms with Crippen molar-refractivity contribution in [2.24, 2.45) is 0 Å². The molecule has 2 rings (SSSR count). The molecule has 98 valence electrons. The molecule has 4 nitrogen and oxygen atoms in total. The van der Waals surface area contributed by atoms with E-state index >= 15 is 0 Å². The lowest BCUT2D eigenvalue weighted by molar-refractivity contribution is -0.174. The number of aromatic nitrogens is 1. The Morgan fingerprint density at radius 1 is 1.56 bits per heavy atom. The molecule has 2 atom stereocenters. The lowest BCUT2D eigenvalue weighted by Crippen LogP contribution is -2.31. The smallest absolute Gasteiger partial charge is 0.209 e.